The smallest absolute Gasteiger partial charge is 0.373 e. The zero-order chi connectivity index (χ0) is 25.2. The maximum atomic E-state index is 13.2. The molecular formula is C25H26F6N2O2. The Morgan fingerprint density at radius 1 is 0.914 bits per heavy atom. The third-order valence-electron chi connectivity index (χ3n) is 6.60. The summed E-state index contributed by atoms with van der Waals surface area (Å²) in [5.74, 6) is -0.121. The van der Waals surface area contributed by atoms with Crippen molar-refractivity contribution in [3.05, 3.63) is 70.8 Å². The van der Waals surface area contributed by atoms with Crippen molar-refractivity contribution in [2.24, 2.45) is 0 Å². The lowest BCUT2D eigenvalue weighted by atomic mass is 9.92. The van der Waals surface area contributed by atoms with Gasteiger partial charge in [0.05, 0.1) is 23.8 Å². The van der Waals surface area contributed by atoms with E-state index >= 15 is 0 Å². The van der Waals surface area contributed by atoms with Gasteiger partial charge in [-0.2, -0.15) is 26.3 Å². The molecule has 190 valence electrons. The van der Waals surface area contributed by atoms with Crippen LogP contribution in [0.1, 0.15) is 53.9 Å². The van der Waals surface area contributed by atoms with Crippen LogP contribution < -0.4 is 10.6 Å². The minimum atomic E-state index is -4.90. The highest BCUT2D eigenvalue weighted by Gasteiger charge is 2.39. The molecule has 10 heteroatoms. The number of hydrogen-bond acceptors (Lipinski definition) is 3. The molecule has 1 saturated carbocycles. The van der Waals surface area contributed by atoms with Crippen molar-refractivity contribution in [2.75, 3.05) is 6.54 Å². The molecule has 2 fully saturated rings. The first-order valence-electron chi connectivity index (χ1n) is 11.5. The molecule has 2 aromatic rings. The van der Waals surface area contributed by atoms with Crippen LogP contribution in [0.2, 0.25) is 0 Å². The first-order valence-corrected chi connectivity index (χ1v) is 11.5. The Balaban J connectivity index is 1.50. The Morgan fingerprint density at radius 3 is 2.14 bits per heavy atom. The number of carbonyl (C=O) groups excluding carboxylic acids is 1. The van der Waals surface area contributed by atoms with Gasteiger partial charge in [-0.3, -0.25) is 4.79 Å². The van der Waals surface area contributed by atoms with Crippen LogP contribution >= 0.6 is 0 Å². The van der Waals surface area contributed by atoms with Gasteiger partial charge in [-0.1, -0.05) is 30.3 Å². The number of hydrogen-bond donors (Lipinski definition) is 2. The van der Waals surface area contributed by atoms with Crippen LogP contribution in [0.4, 0.5) is 26.3 Å². The van der Waals surface area contributed by atoms with Gasteiger partial charge >= 0.3 is 12.4 Å². The number of alkyl halides is 6. The molecule has 4 atom stereocenters. The molecule has 0 radical (unpaired) electrons. The molecule has 2 aromatic carbocycles. The first kappa shape index (κ1) is 25.5. The summed E-state index contributed by atoms with van der Waals surface area (Å²) in [6, 6.07) is 11.1. The van der Waals surface area contributed by atoms with E-state index in [0.29, 0.717) is 31.5 Å². The van der Waals surface area contributed by atoms with E-state index in [2.05, 4.69) is 10.6 Å². The molecule has 1 saturated heterocycles. The third-order valence-corrected chi connectivity index (χ3v) is 6.60. The normalized spacial score (nSPS) is 25.1. The Bertz CT molecular complexity index is 993. The minimum Gasteiger partial charge on any atom is -0.373 e. The minimum absolute atomic E-state index is 0.00727. The van der Waals surface area contributed by atoms with E-state index in [-0.39, 0.29) is 42.1 Å². The summed E-state index contributed by atoms with van der Waals surface area (Å²) in [7, 11) is 0. The summed E-state index contributed by atoms with van der Waals surface area (Å²) in [5, 5.41) is 6.40. The summed E-state index contributed by atoms with van der Waals surface area (Å²) in [4.78, 5) is 11.5. The second kappa shape index (κ2) is 10.2. The average Bonchev–Trinajstić information content (AvgIpc) is 3.41. The fourth-order valence-corrected chi connectivity index (χ4v) is 4.93. The molecule has 2 aliphatic rings. The molecular weight excluding hydrogens is 474 g/mol. The fourth-order valence-electron chi connectivity index (χ4n) is 4.93. The van der Waals surface area contributed by atoms with Crippen LogP contribution in [-0.4, -0.2) is 30.6 Å². The first-order chi connectivity index (χ1) is 16.5. The number of rotatable bonds is 7. The van der Waals surface area contributed by atoms with Gasteiger partial charge in [0.25, 0.3) is 0 Å². The van der Waals surface area contributed by atoms with Gasteiger partial charge in [-0.25, -0.2) is 0 Å². The van der Waals surface area contributed by atoms with Crippen LogP contribution in [0.25, 0.3) is 0 Å². The summed E-state index contributed by atoms with van der Waals surface area (Å²) in [6.45, 7) is 0.210. The van der Waals surface area contributed by atoms with Crippen molar-refractivity contribution in [3.8, 4) is 0 Å². The number of halogens is 6. The quantitative estimate of drug-likeness (QED) is 0.499. The van der Waals surface area contributed by atoms with E-state index in [1.807, 2.05) is 30.3 Å². The van der Waals surface area contributed by atoms with Gasteiger partial charge in [-0.05, 0) is 48.6 Å². The zero-order valence-electron chi connectivity index (χ0n) is 18.8. The van der Waals surface area contributed by atoms with Crippen molar-refractivity contribution < 1.29 is 35.9 Å². The summed E-state index contributed by atoms with van der Waals surface area (Å²) >= 11 is 0. The van der Waals surface area contributed by atoms with Crippen molar-refractivity contribution in [1.82, 2.24) is 10.6 Å². The highest BCUT2D eigenvalue weighted by atomic mass is 19.4. The largest absolute Gasteiger partial charge is 0.416 e. The third kappa shape index (κ3) is 6.35. The van der Waals surface area contributed by atoms with E-state index in [1.54, 1.807) is 0 Å². The molecule has 4 nitrogen and oxygen atoms in total. The van der Waals surface area contributed by atoms with Crippen LogP contribution in [0, 0.1) is 0 Å². The maximum absolute atomic E-state index is 13.2. The molecule has 1 aliphatic carbocycles. The Morgan fingerprint density at radius 2 is 1.57 bits per heavy atom. The van der Waals surface area contributed by atoms with Crippen LogP contribution in [0.15, 0.2) is 48.5 Å². The van der Waals surface area contributed by atoms with Crippen molar-refractivity contribution in [2.45, 2.75) is 68.7 Å². The van der Waals surface area contributed by atoms with E-state index < -0.39 is 29.6 Å². The Hall–Kier alpha value is -2.59. The summed E-state index contributed by atoms with van der Waals surface area (Å²) < 4.78 is 85.2. The van der Waals surface area contributed by atoms with Crippen molar-refractivity contribution >= 4 is 5.91 Å². The zero-order valence-corrected chi connectivity index (χ0v) is 18.8. The highest BCUT2D eigenvalue weighted by Crippen LogP contribution is 2.39. The van der Waals surface area contributed by atoms with Crippen molar-refractivity contribution in [3.63, 3.8) is 0 Å². The predicted molar refractivity (Wildman–Crippen MR) is 116 cm³/mol. The lowest BCUT2D eigenvalue weighted by Crippen LogP contribution is -2.42. The van der Waals surface area contributed by atoms with Crippen LogP contribution in [0.3, 0.4) is 0 Å². The molecule has 1 amide bonds. The van der Waals surface area contributed by atoms with Gasteiger partial charge < -0.3 is 15.4 Å². The Kier molecular flexibility index (Phi) is 7.42. The van der Waals surface area contributed by atoms with E-state index in [4.69, 9.17) is 4.74 Å². The van der Waals surface area contributed by atoms with E-state index in [1.165, 1.54) is 0 Å². The summed E-state index contributed by atoms with van der Waals surface area (Å²) in [6.07, 6.45) is -7.65. The van der Waals surface area contributed by atoms with Crippen LogP contribution in [-0.2, 0) is 28.5 Å². The van der Waals surface area contributed by atoms with Crippen LogP contribution in [0.5, 0.6) is 0 Å². The molecule has 0 spiro atoms. The number of amides is 1. The number of benzene rings is 2. The Labute approximate surface area is 199 Å². The SMILES string of the molecule is O=C1CC[C@@H](CN[C@H]2CC[C@@H](OCc3cc(C(F)(F)F)cc(C(F)(F)F)c3)[C@@H]2c2ccccc2)N1. The lowest BCUT2D eigenvalue weighted by molar-refractivity contribution is -0.143. The number of nitrogens with one attached hydrogen (secondary N) is 2. The average molecular weight is 500 g/mol. The van der Waals surface area contributed by atoms with Gasteiger partial charge in [-0.15, -0.1) is 0 Å². The maximum Gasteiger partial charge on any atom is 0.416 e. The topological polar surface area (TPSA) is 50.4 Å². The van der Waals surface area contributed by atoms with E-state index in [9.17, 15) is 31.1 Å². The lowest BCUT2D eigenvalue weighted by Gasteiger charge is -2.27. The predicted octanol–water partition coefficient (Wildman–Crippen LogP) is 5.42. The monoisotopic (exact) mass is 500 g/mol. The molecule has 0 bridgehead atoms. The molecule has 1 aliphatic heterocycles. The second-order valence-corrected chi connectivity index (χ2v) is 9.10. The van der Waals surface area contributed by atoms with Crippen molar-refractivity contribution in [1.29, 1.82) is 0 Å². The van der Waals surface area contributed by atoms with Gasteiger partial charge in [0.2, 0.25) is 5.91 Å². The second-order valence-electron chi connectivity index (χ2n) is 9.10. The van der Waals surface area contributed by atoms with E-state index in [0.717, 1.165) is 18.4 Å². The van der Waals surface area contributed by atoms with Gasteiger partial charge in [0.15, 0.2) is 0 Å². The fraction of sp³-hybridized carbons (Fsp3) is 0.480. The molecule has 4 rings (SSSR count). The van der Waals surface area contributed by atoms with Gasteiger partial charge in [0.1, 0.15) is 0 Å². The molecule has 0 unspecified atom stereocenters. The summed E-state index contributed by atoms with van der Waals surface area (Å²) in [5.41, 5.74) is -1.91. The highest BCUT2D eigenvalue weighted by molar-refractivity contribution is 5.78. The molecule has 35 heavy (non-hydrogen) atoms. The standard InChI is InChI=1S/C25H26F6N2O2/c26-24(27,28)17-10-15(11-18(12-17)25(29,30)31)14-35-21-8-7-20(23(21)16-4-2-1-3-5-16)32-13-19-6-9-22(34)33-19/h1-5,10-12,19-21,23,32H,6-9,13-14H2,(H,33,34)/t19-,20-,21+,23+/m0/s1. The number of carbonyl (C=O) groups is 1. The molecule has 1 heterocycles. The molecule has 0 aromatic heterocycles. The van der Waals surface area contributed by atoms with Gasteiger partial charge in [0, 0.05) is 31.0 Å². The molecule has 2 N–H and O–H groups in total. The number of ether oxygens (including phenoxy) is 1.